The van der Waals surface area contributed by atoms with Gasteiger partial charge in [0.05, 0.1) is 5.92 Å². The van der Waals surface area contributed by atoms with E-state index < -0.39 is 0 Å². The molecule has 24 heavy (non-hydrogen) atoms. The molecule has 6 nitrogen and oxygen atoms in total. The molecule has 0 N–H and O–H groups in total. The number of hydrogen-bond acceptors (Lipinski definition) is 5. The van der Waals surface area contributed by atoms with Crippen LogP contribution in [0.5, 0.6) is 0 Å². The topological polar surface area (TPSA) is 62.2 Å². The molecule has 0 spiro atoms. The molecule has 3 rings (SSSR count). The Kier molecular flexibility index (Phi) is 5.03. The van der Waals surface area contributed by atoms with Gasteiger partial charge in [0.25, 0.3) is 0 Å². The van der Waals surface area contributed by atoms with Gasteiger partial charge in [-0.25, -0.2) is 9.97 Å². The van der Waals surface area contributed by atoms with Crippen LogP contribution in [0.25, 0.3) is 0 Å². The van der Waals surface area contributed by atoms with Gasteiger partial charge in [-0.2, -0.15) is 0 Å². The summed E-state index contributed by atoms with van der Waals surface area (Å²) < 4.78 is 0. The standard InChI is InChI=1S/C18H23N5O/c1-14-7-9-20-18(21-14)23-10-4-6-16(13-23)17(24)22(2)12-15-5-3-8-19-11-15/h3,5,7-9,11,16H,4,6,10,12-13H2,1-2H3. The Hall–Kier alpha value is -2.50. The quantitative estimate of drug-likeness (QED) is 0.861. The Morgan fingerprint density at radius 2 is 2.25 bits per heavy atom. The molecule has 0 aromatic carbocycles. The van der Waals surface area contributed by atoms with Crippen molar-refractivity contribution in [3.8, 4) is 0 Å². The minimum atomic E-state index is -0.00969. The van der Waals surface area contributed by atoms with E-state index >= 15 is 0 Å². The number of rotatable bonds is 4. The van der Waals surface area contributed by atoms with Crippen molar-refractivity contribution in [2.24, 2.45) is 5.92 Å². The van der Waals surface area contributed by atoms with Gasteiger partial charge in [0.2, 0.25) is 11.9 Å². The van der Waals surface area contributed by atoms with Crippen LogP contribution >= 0.6 is 0 Å². The monoisotopic (exact) mass is 325 g/mol. The maximum absolute atomic E-state index is 12.8. The molecule has 126 valence electrons. The van der Waals surface area contributed by atoms with Crippen LogP contribution in [0.3, 0.4) is 0 Å². The summed E-state index contributed by atoms with van der Waals surface area (Å²) in [7, 11) is 1.86. The van der Waals surface area contributed by atoms with Crippen molar-refractivity contribution >= 4 is 11.9 Å². The summed E-state index contributed by atoms with van der Waals surface area (Å²) in [5.74, 6) is 0.892. The van der Waals surface area contributed by atoms with Crippen molar-refractivity contribution in [2.45, 2.75) is 26.3 Å². The lowest BCUT2D eigenvalue weighted by Gasteiger charge is -2.34. The minimum absolute atomic E-state index is 0.00969. The fraction of sp³-hybridized carbons (Fsp3) is 0.444. The number of aryl methyl sites for hydroxylation is 1. The molecular formula is C18H23N5O. The van der Waals surface area contributed by atoms with Crippen molar-refractivity contribution in [3.05, 3.63) is 48.0 Å². The van der Waals surface area contributed by atoms with E-state index in [2.05, 4.69) is 19.9 Å². The maximum Gasteiger partial charge on any atom is 0.227 e. The van der Waals surface area contributed by atoms with E-state index in [1.165, 1.54) is 0 Å². The Labute approximate surface area is 142 Å². The van der Waals surface area contributed by atoms with Gasteiger partial charge in [-0.05, 0) is 37.5 Å². The predicted octanol–water partition coefficient (Wildman–Crippen LogP) is 2.06. The first kappa shape index (κ1) is 16.4. The lowest BCUT2D eigenvalue weighted by Crippen LogP contribution is -2.44. The first-order valence-corrected chi connectivity index (χ1v) is 8.32. The number of amides is 1. The molecule has 1 saturated heterocycles. The van der Waals surface area contributed by atoms with Crippen molar-refractivity contribution in [1.82, 2.24) is 19.9 Å². The van der Waals surface area contributed by atoms with Crippen LogP contribution in [0.2, 0.25) is 0 Å². The second kappa shape index (κ2) is 7.38. The van der Waals surface area contributed by atoms with Crippen LogP contribution in [-0.4, -0.2) is 45.9 Å². The van der Waals surface area contributed by atoms with Gasteiger partial charge in [-0.3, -0.25) is 9.78 Å². The zero-order valence-electron chi connectivity index (χ0n) is 14.2. The van der Waals surface area contributed by atoms with Gasteiger partial charge in [0, 0.05) is 51.0 Å². The van der Waals surface area contributed by atoms with Gasteiger partial charge in [-0.15, -0.1) is 0 Å². The molecule has 0 radical (unpaired) electrons. The smallest absolute Gasteiger partial charge is 0.227 e. The van der Waals surface area contributed by atoms with Crippen molar-refractivity contribution in [2.75, 3.05) is 25.0 Å². The SMILES string of the molecule is Cc1ccnc(N2CCCC(C(=O)N(C)Cc3cccnc3)C2)n1. The molecule has 1 fully saturated rings. The summed E-state index contributed by atoms with van der Waals surface area (Å²) in [5, 5.41) is 0. The lowest BCUT2D eigenvalue weighted by molar-refractivity contribution is -0.135. The molecule has 1 amide bonds. The first-order chi connectivity index (χ1) is 11.6. The van der Waals surface area contributed by atoms with E-state index in [1.54, 1.807) is 23.5 Å². The zero-order chi connectivity index (χ0) is 16.9. The normalized spacial score (nSPS) is 17.6. The molecule has 1 aliphatic rings. The summed E-state index contributed by atoms with van der Waals surface area (Å²) in [6, 6.07) is 5.77. The number of carbonyl (C=O) groups is 1. The Balaban J connectivity index is 1.64. The number of carbonyl (C=O) groups excluding carboxylic acids is 1. The van der Waals surface area contributed by atoms with Gasteiger partial charge in [0.15, 0.2) is 0 Å². The van der Waals surface area contributed by atoms with Crippen LogP contribution in [-0.2, 0) is 11.3 Å². The zero-order valence-corrected chi connectivity index (χ0v) is 14.2. The molecule has 1 atom stereocenters. The van der Waals surface area contributed by atoms with Crippen LogP contribution in [0.1, 0.15) is 24.1 Å². The highest BCUT2D eigenvalue weighted by Gasteiger charge is 2.29. The van der Waals surface area contributed by atoms with E-state index in [0.29, 0.717) is 13.1 Å². The third-order valence-corrected chi connectivity index (χ3v) is 4.35. The van der Waals surface area contributed by atoms with E-state index in [4.69, 9.17) is 0 Å². The average molecular weight is 325 g/mol. The predicted molar refractivity (Wildman–Crippen MR) is 92.4 cm³/mol. The third-order valence-electron chi connectivity index (χ3n) is 4.35. The minimum Gasteiger partial charge on any atom is -0.341 e. The van der Waals surface area contributed by atoms with Crippen LogP contribution in [0.15, 0.2) is 36.8 Å². The second-order valence-corrected chi connectivity index (χ2v) is 6.34. The summed E-state index contributed by atoms with van der Waals surface area (Å²) >= 11 is 0. The van der Waals surface area contributed by atoms with Crippen molar-refractivity contribution in [1.29, 1.82) is 0 Å². The highest BCUT2D eigenvalue weighted by atomic mass is 16.2. The van der Waals surface area contributed by atoms with Crippen LogP contribution in [0, 0.1) is 12.8 Å². The van der Waals surface area contributed by atoms with Crippen molar-refractivity contribution < 1.29 is 4.79 Å². The van der Waals surface area contributed by atoms with E-state index in [1.807, 2.05) is 32.2 Å². The van der Waals surface area contributed by atoms with Crippen LogP contribution < -0.4 is 4.90 Å². The number of piperidine rings is 1. The number of nitrogens with zero attached hydrogens (tertiary/aromatic N) is 5. The average Bonchev–Trinajstić information content (AvgIpc) is 2.62. The fourth-order valence-electron chi connectivity index (χ4n) is 3.10. The number of aromatic nitrogens is 3. The summed E-state index contributed by atoms with van der Waals surface area (Å²) in [5.41, 5.74) is 1.99. The molecule has 2 aromatic heterocycles. The number of hydrogen-bond donors (Lipinski definition) is 0. The van der Waals surface area contributed by atoms with Gasteiger partial charge >= 0.3 is 0 Å². The molecule has 1 unspecified atom stereocenters. The largest absolute Gasteiger partial charge is 0.341 e. The molecule has 0 saturated carbocycles. The molecule has 6 heteroatoms. The Morgan fingerprint density at radius 3 is 3.00 bits per heavy atom. The summed E-state index contributed by atoms with van der Waals surface area (Å²) in [6.07, 6.45) is 7.22. The number of anilines is 1. The highest BCUT2D eigenvalue weighted by Crippen LogP contribution is 2.22. The second-order valence-electron chi connectivity index (χ2n) is 6.34. The fourth-order valence-corrected chi connectivity index (χ4v) is 3.10. The molecular weight excluding hydrogens is 302 g/mol. The number of pyridine rings is 1. The maximum atomic E-state index is 12.8. The molecule has 0 bridgehead atoms. The molecule has 1 aliphatic heterocycles. The molecule has 3 heterocycles. The Bertz CT molecular complexity index is 691. The lowest BCUT2D eigenvalue weighted by atomic mass is 9.96. The van der Waals surface area contributed by atoms with E-state index in [0.717, 1.165) is 36.6 Å². The van der Waals surface area contributed by atoms with E-state index in [9.17, 15) is 4.79 Å². The van der Waals surface area contributed by atoms with Gasteiger partial charge in [0.1, 0.15) is 0 Å². The van der Waals surface area contributed by atoms with E-state index in [-0.39, 0.29) is 11.8 Å². The highest BCUT2D eigenvalue weighted by molar-refractivity contribution is 5.79. The van der Waals surface area contributed by atoms with Crippen molar-refractivity contribution in [3.63, 3.8) is 0 Å². The summed E-state index contributed by atoms with van der Waals surface area (Å²) in [4.78, 5) is 29.6. The van der Waals surface area contributed by atoms with Gasteiger partial charge in [-0.1, -0.05) is 6.07 Å². The first-order valence-electron chi connectivity index (χ1n) is 8.32. The van der Waals surface area contributed by atoms with Gasteiger partial charge < -0.3 is 9.80 Å². The van der Waals surface area contributed by atoms with Crippen LogP contribution in [0.4, 0.5) is 5.95 Å². The Morgan fingerprint density at radius 1 is 1.38 bits per heavy atom. The molecule has 2 aromatic rings. The summed E-state index contributed by atoms with van der Waals surface area (Å²) in [6.45, 7) is 4.13. The molecule has 0 aliphatic carbocycles. The third kappa shape index (κ3) is 3.88.